The van der Waals surface area contributed by atoms with Gasteiger partial charge in [-0.05, 0) is 13.8 Å². The van der Waals surface area contributed by atoms with E-state index in [-0.39, 0.29) is 19.1 Å². The van der Waals surface area contributed by atoms with E-state index in [2.05, 4.69) is 0 Å². The number of aliphatic hydroxyl groups excluding tert-OH is 3. The van der Waals surface area contributed by atoms with Gasteiger partial charge in [0, 0.05) is 13.5 Å². The maximum Gasteiger partial charge on any atom is 0.471 e. The first-order valence-corrected chi connectivity index (χ1v) is 6.59. The maximum absolute atomic E-state index is 11.0. The highest BCUT2D eigenvalue weighted by Gasteiger charge is 2.37. The molecule has 22 heavy (non-hydrogen) atoms. The second kappa shape index (κ2) is 9.26. The normalized spacial score (nSPS) is 28.8. The van der Waals surface area contributed by atoms with Crippen LogP contribution in [0.1, 0.15) is 20.3 Å². The van der Waals surface area contributed by atoms with E-state index in [4.69, 9.17) is 14.6 Å². The van der Waals surface area contributed by atoms with E-state index < -0.39 is 36.7 Å². The minimum absolute atomic E-state index is 0.0122. The number of aliphatic hydroxyl groups is 3. The van der Waals surface area contributed by atoms with Crippen molar-refractivity contribution in [3.05, 3.63) is 0 Å². The second-order valence-corrected chi connectivity index (χ2v) is 4.84. The lowest BCUT2D eigenvalue weighted by atomic mass is 10.0. The van der Waals surface area contributed by atoms with Crippen LogP contribution in [0.3, 0.4) is 0 Å². The predicted molar refractivity (Wildman–Crippen MR) is 68.7 cm³/mol. The smallest absolute Gasteiger partial charge is 0.394 e. The minimum atomic E-state index is -4.74. The zero-order valence-corrected chi connectivity index (χ0v) is 12.5. The predicted octanol–water partition coefficient (Wildman–Crippen LogP) is -0.465. The number of rotatable bonds is 3. The number of hydrogen-bond donors (Lipinski definition) is 4. The van der Waals surface area contributed by atoms with Gasteiger partial charge in [0.25, 0.3) is 0 Å². The molecule has 1 heterocycles. The van der Waals surface area contributed by atoms with Crippen molar-refractivity contribution in [1.82, 2.24) is 5.32 Å². The molecule has 7 nitrogen and oxygen atoms in total. The minimum Gasteiger partial charge on any atom is -0.394 e. The molecule has 0 bridgehead atoms. The Bertz CT molecular complexity index is 339. The fraction of sp³-hybridized carbons (Fsp3) is 0.917. The Morgan fingerprint density at radius 1 is 1.41 bits per heavy atom. The highest BCUT2D eigenvalue weighted by atomic mass is 19.4. The van der Waals surface area contributed by atoms with E-state index in [1.54, 1.807) is 0 Å². The molecule has 4 N–H and O–H groups in total. The first-order valence-electron chi connectivity index (χ1n) is 6.59. The molecular formula is C12H22F3NO6. The molecule has 0 aromatic rings. The van der Waals surface area contributed by atoms with Gasteiger partial charge in [0.1, 0.15) is 12.2 Å². The number of carbonyl (C=O) groups is 1. The van der Waals surface area contributed by atoms with Gasteiger partial charge in [-0.1, -0.05) is 0 Å². The summed E-state index contributed by atoms with van der Waals surface area (Å²) < 4.78 is 43.7. The van der Waals surface area contributed by atoms with E-state index in [0.717, 1.165) is 7.05 Å². The van der Waals surface area contributed by atoms with Crippen molar-refractivity contribution in [2.75, 3.05) is 13.7 Å². The summed E-state index contributed by atoms with van der Waals surface area (Å²) in [7, 11) is 0.926. The van der Waals surface area contributed by atoms with Crippen molar-refractivity contribution >= 4 is 5.91 Å². The van der Waals surface area contributed by atoms with Gasteiger partial charge < -0.3 is 30.1 Å². The van der Waals surface area contributed by atoms with Crippen LogP contribution < -0.4 is 5.32 Å². The Morgan fingerprint density at radius 3 is 2.27 bits per heavy atom. The molecule has 0 aromatic heterocycles. The molecule has 0 aliphatic carbocycles. The lowest BCUT2D eigenvalue weighted by Gasteiger charge is -2.36. The molecule has 4 atom stereocenters. The van der Waals surface area contributed by atoms with E-state index in [9.17, 15) is 28.2 Å². The van der Waals surface area contributed by atoms with Crippen LogP contribution in [-0.4, -0.2) is 71.8 Å². The molecule has 4 unspecified atom stereocenters. The third-order valence-electron chi connectivity index (χ3n) is 2.62. The van der Waals surface area contributed by atoms with Gasteiger partial charge in [-0.25, -0.2) is 0 Å². The summed E-state index contributed by atoms with van der Waals surface area (Å²) in [5.41, 5.74) is 0. The van der Waals surface area contributed by atoms with Gasteiger partial charge in [-0.3, -0.25) is 4.79 Å². The average Bonchev–Trinajstić information content (AvgIpc) is 2.40. The number of ether oxygens (including phenoxy) is 2. The Hall–Kier alpha value is -0.940. The Balaban J connectivity index is 0.000000472. The van der Waals surface area contributed by atoms with Crippen molar-refractivity contribution in [2.24, 2.45) is 0 Å². The number of hydrogen-bond acceptors (Lipinski definition) is 6. The first-order chi connectivity index (χ1) is 10.0. The van der Waals surface area contributed by atoms with Crippen LogP contribution in [0.4, 0.5) is 13.2 Å². The molecule has 1 aliphatic heterocycles. The Kier molecular flexibility index (Phi) is 8.86. The molecule has 1 amide bonds. The summed E-state index contributed by atoms with van der Waals surface area (Å²) in [5.74, 6) is -1.92. The van der Waals surface area contributed by atoms with Gasteiger partial charge in [0.05, 0.1) is 18.8 Å². The van der Waals surface area contributed by atoms with Gasteiger partial charge in [-0.15, -0.1) is 0 Å². The molecule has 10 heteroatoms. The fourth-order valence-corrected chi connectivity index (χ4v) is 1.60. The SMILES string of the molecule is CC(C)OC1CC(O)C(O)C(CO)O1.CNC(=O)C(F)(F)F. The first kappa shape index (κ1) is 21.1. The van der Waals surface area contributed by atoms with E-state index in [1.165, 1.54) is 5.32 Å². The van der Waals surface area contributed by atoms with Crippen molar-refractivity contribution < 1.29 is 42.8 Å². The highest BCUT2D eigenvalue weighted by molar-refractivity contribution is 5.81. The van der Waals surface area contributed by atoms with E-state index in [1.807, 2.05) is 13.8 Å². The lowest BCUT2D eigenvalue weighted by molar-refractivity contribution is -0.265. The molecule has 1 rings (SSSR count). The van der Waals surface area contributed by atoms with Crippen molar-refractivity contribution in [3.8, 4) is 0 Å². The number of nitrogens with one attached hydrogen (secondary N) is 1. The van der Waals surface area contributed by atoms with Crippen LogP contribution in [0, 0.1) is 0 Å². The largest absolute Gasteiger partial charge is 0.471 e. The second-order valence-electron chi connectivity index (χ2n) is 4.84. The number of alkyl halides is 3. The molecule has 0 spiro atoms. The number of amides is 1. The third kappa shape index (κ3) is 7.36. The summed E-state index contributed by atoms with van der Waals surface area (Å²) in [5, 5.41) is 29.2. The molecule has 0 saturated carbocycles. The van der Waals surface area contributed by atoms with E-state index in [0.29, 0.717) is 0 Å². The summed E-state index contributed by atoms with van der Waals surface area (Å²) in [4.78, 5) is 9.60. The van der Waals surface area contributed by atoms with E-state index >= 15 is 0 Å². The topological polar surface area (TPSA) is 108 Å². The highest BCUT2D eigenvalue weighted by Crippen LogP contribution is 2.21. The van der Waals surface area contributed by atoms with Crippen molar-refractivity contribution in [2.45, 2.75) is 57.2 Å². The molecule has 1 aliphatic rings. The molecule has 1 fully saturated rings. The monoisotopic (exact) mass is 333 g/mol. The van der Waals surface area contributed by atoms with Gasteiger partial charge in [-0.2, -0.15) is 13.2 Å². The van der Waals surface area contributed by atoms with Crippen molar-refractivity contribution in [3.63, 3.8) is 0 Å². The summed E-state index contributed by atoms with van der Waals surface area (Å²) in [6.45, 7) is 3.39. The van der Waals surface area contributed by atoms with Crippen LogP contribution in [0.25, 0.3) is 0 Å². The Labute approximate surface area is 126 Å². The van der Waals surface area contributed by atoms with Gasteiger partial charge in [0.15, 0.2) is 6.29 Å². The molecule has 0 radical (unpaired) electrons. The van der Waals surface area contributed by atoms with Crippen LogP contribution >= 0.6 is 0 Å². The standard InChI is InChI=1S/C9H18O5.C3H4F3NO/c1-5(2)13-8-3-6(11)9(12)7(4-10)14-8;1-7-2(8)3(4,5)6/h5-12H,3-4H2,1-2H3;1H3,(H,7,8). The Morgan fingerprint density at radius 2 is 1.95 bits per heavy atom. The zero-order valence-electron chi connectivity index (χ0n) is 12.5. The third-order valence-corrected chi connectivity index (χ3v) is 2.62. The maximum atomic E-state index is 11.0. The number of halogens is 3. The van der Waals surface area contributed by atoms with Crippen LogP contribution in [0.5, 0.6) is 0 Å². The van der Waals surface area contributed by atoms with Crippen LogP contribution in [-0.2, 0) is 14.3 Å². The molecule has 0 aromatic carbocycles. The quantitative estimate of drug-likeness (QED) is 0.556. The zero-order chi connectivity index (χ0) is 17.5. The van der Waals surface area contributed by atoms with Gasteiger partial charge in [0.2, 0.25) is 0 Å². The summed E-state index contributed by atoms with van der Waals surface area (Å²) in [6, 6.07) is 0. The fourth-order valence-electron chi connectivity index (χ4n) is 1.60. The van der Waals surface area contributed by atoms with Gasteiger partial charge >= 0.3 is 12.1 Å². The number of carbonyl (C=O) groups excluding carboxylic acids is 1. The van der Waals surface area contributed by atoms with Crippen LogP contribution in [0.15, 0.2) is 0 Å². The van der Waals surface area contributed by atoms with Crippen LogP contribution in [0.2, 0.25) is 0 Å². The summed E-state index contributed by atoms with van der Waals surface area (Å²) in [6.07, 6.45) is -7.77. The summed E-state index contributed by atoms with van der Waals surface area (Å²) >= 11 is 0. The lowest BCUT2D eigenvalue weighted by Crippen LogP contribution is -2.50. The molecule has 1 saturated heterocycles. The van der Waals surface area contributed by atoms with Crippen molar-refractivity contribution in [1.29, 1.82) is 0 Å². The molecule has 132 valence electrons. The molecular weight excluding hydrogens is 311 g/mol. The average molecular weight is 333 g/mol.